The van der Waals surface area contributed by atoms with Gasteiger partial charge in [0.05, 0.1) is 25.9 Å². The lowest BCUT2D eigenvalue weighted by Crippen LogP contribution is -2.51. The number of aliphatic hydroxyl groups is 2. The van der Waals surface area contributed by atoms with Crippen LogP contribution < -0.4 is 16.4 Å². The minimum absolute atomic E-state index is 0.119. The Morgan fingerprint density at radius 1 is 1.39 bits per heavy atom. The monoisotopic (exact) mass is 418 g/mol. The summed E-state index contributed by atoms with van der Waals surface area (Å²) in [6, 6.07) is 0. The van der Waals surface area contributed by atoms with Gasteiger partial charge >= 0.3 is 13.8 Å². The van der Waals surface area contributed by atoms with Gasteiger partial charge in [0.2, 0.25) is 0 Å². The highest BCUT2D eigenvalue weighted by atomic mass is 31.2. The lowest BCUT2D eigenvalue weighted by atomic mass is 10.1. The molecule has 0 spiro atoms. The number of hydrogen-bond donors (Lipinski definition) is 4. The van der Waals surface area contributed by atoms with Gasteiger partial charge in [0, 0.05) is 0 Å². The van der Waals surface area contributed by atoms with Crippen LogP contribution in [0.1, 0.15) is 12.6 Å². The molecule has 1 fully saturated rings. The summed E-state index contributed by atoms with van der Waals surface area (Å²) in [4.78, 5) is 34.8. The third-order valence-electron chi connectivity index (χ3n) is 3.99. The molecule has 2 aromatic rings. The van der Waals surface area contributed by atoms with E-state index < -0.39 is 44.9 Å². The van der Waals surface area contributed by atoms with Gasteiger partial charge in [-0.2, -0.15) is 0 Å². The Hall–Kier alpha value is -2.19. The molecule has 0 aromatic carbocycles. The Morgan fingerprint density at radius 3 is 2.86 bits per heavy atom. The van der Waals surface area contributed by atoms with Crippen LogP contribution in [0.5, 0.6) is 0 Å². The molecule has 7 N–H and O–H groups in total. The third kappa shape index (κ3) is 4.12. The molecule has 1 unspecified atom stereocenters. The fourth-order valence-corrected chi connectivity index (χ4v) is 3.38. The van der Waals surface area contributed by atoms with Crippen molar-refractivity contribution in [2.45, 2.75) is 31.0 Å². The largest absolute Gasteiger partial charge is 0.746 e. The van der Waals surface area contributed by atoms with E-state index in [2.05, 4.69) is 29.7 Å². The minimum Gasteiger partial charge on any atom is -0.746 e. The number of carbonyl (C=O) groups is 1. The zero-order chi connectivity index (χ0) is 20.5. The molecule has 2 aromatic heterocycles. The van der Waals surface area contributed by atoms with E-state index in [0.29, 0.717) is 0 Å². The van der Waals surface area contributed by atoms with Crippen LogP contribution in [0.3, 0.4) is 0 Å². The molecule has 1 aliphatic rings. The van der Waals surface area contributed by atoms with E-state index in [4.69, 9.17) is 10.5 Å². The van der Waals surface area contributed by atoms with Gasteiger partial charge in [-0.05, 0) is 0 Å². The minimum atomic E-state index is -4.96. The Morgan fingerprint density at radius 2 is 2.14 bits per heavy atom. The summed E-state index contributed by atoms with van der Waals surface area (Å²) in [7, 11) is -4.96. The average molecular weight is 418 g/mol. The summed E-state index contributed by atoms with van der Waals surface area (Å²) < 4.78 is 27.3. The molecule has 5 atom stereocenters. The number of aliphatic hydroxyl groups excluding tert-OH is 2. The number of phosphoric ester groups is 1. The fraction of sp³-hybridized carbons (Fsp3) is 0.538. The molecule has 3 rings (SSSR count). The molecule has 0 bridgehead atoms. The van der Waals surface area contributed by atoms with Crippen molar-refractivity contribution in [2.24, 2.45) is 0 Å². The Balaban J connectivity index is 1.69. The Kier molecular flexibility index (Phi) is 5.90. The van der Waals surface area contributed by atoms with Crippen LogP contribution in [-0.2, 0) is 23.1 Å². The maximum atomic E-state index is 11.7. The number of aromatic nitrogens is 4. The molecule has 0 saturated carbocycles. The van der Waals surface area contributed by atoms with Crippen molar-refractivity contribution in [1.82, 2.24) is 19.5 Å². The first-order chi connectivity index (χ1) is 13.2. The standard InChI is InChI=1S/C13H19N6O8P/c14-2-1-7(20)27-28(23,24)25-3-6-9(21)10(22)13(26-6)19-5-18-8-11(15)16-4-17-12(8)19/h4-6,9-10,13,21-22H,1-3,14H2,(H,23,24)(H2,15,16,17)/t6-,9-,10-,13-/m1/s1. The van der Waals surface area contributed by atoms with Crippen molar-refractivity contribution in [2.75, 3.05) is 18.9 Å². The maximum Gasteiger partial charge on any atom is 0.322 e. The Bertz CT molecular complexity index is 908. The first-order valence-corrected chi connectivity index (χ1v) is 9.61. The number of fused-ring (bicyclic) bond motifs is 1. The molecule has 14 nitrogen and oxygen atoms in total. The van der Waals surface area contributed by atoms with E-state index >= 15 is 0 Å². The summed E-state index contributed by atoms with van der Waals surface area (Å²) >= 11 is 0. The number of nitrogen functional groups attached to an aromatic ring is 1. The van der Waals surface area contributed by atoms with Gasteiger partial charge in [-0.15, -0.1) is 0 Å². The molecule has 1 saturated heterocycles. The van der Waals surface area contributed by atoms with Gasteiger partial charge in [0.25, 0.3) is 0 Å². The number of nitrogens with zero attached hydrogens (tertiary/aromatic N) is 4. The number of ether oxygens (including phenoxy) is 1. The van der Waals surface area contributed by atoms with Crippen molar-refractivity contribution in [1.29, 1.82) is 0 Å². The smallest absolute Gasteiger partial charge is 0.322 e. The summed E-state index contributed by atoms with van der Waals surface area (Å²) in [5, 5.41) is 20.4. The number of imidazole rings is 1. The van der Waals surface area contributed by atoms with Crippen LogP contribution in [0.15, 0.2) is 12.7 Å². The molecule has 1 aliphatic heterocycles. The predicted octanol–water partition coefficient (Wildman–Crippen LogP) is -3.31. The van der Waals surface area contributed by atoms with Crippen molar-refractivity contribution in [3.05, 3.63) is 12.7 Å². The van der Waals surface area contributed by atoms with Crippen molar-refractivity contribution < 1.29 is 44.0 Å². The fourth-order valence-electron chi connectivity index (χ4n) is 2.66. The molecular weight excluding hydrogens is 399 g/mol. The normalized spacial score (nSPS) is 27.0. The zero-order valence-corrected chi connectivity index (χ0v) is 15.3. The van der Waals surface area contributed by atoms with Crippen molar-refractivity contribution in [3.8, 4) is 0 Å². The molecule has 15 heteroatoms. The highest BCUT2D eigenvalue weighted by molar-refractivity contribution is 7.46. The number of nitrogens with two attached hydrogens (primary N) is 1. The van der Waals surface area contributed by atoms with E-state index in [1.165, 1.54) is 17.2 Å². The number of carbonyl (C=O) groups excluding carboxylic acids is 1. The van der Waals surface area contributed by atoms with Crippen LogP contribution in [0, 0.1) is 0 Å². The highest BCUT2D eigenvalue weighted by Crippen LogP contribution is 2.40. The number of anilines is 1. The second-order valence-corrected chi connectivity index (χ2v) is 7.27. The van der Waals surface area contributed by atoms with E-state index in [1.807, 2.05) is 0 Å². The molecule has 28 heavy (non-hydrogen) atoms. The van der Waals surface area contributed by atoms with Crippen LogP contribution in [0.2, 0.25) is 0 Å². The first kappa shape index (κ1) is 20.5. The maximum absolute atomic E-state index is 11.7. The molecule has 0 aliphatic carbocycles. The predicted molar refractivity (Wildman–Crippen MR) is 87.7 cm³/mol. The van der Waals surface area contributed by atoms with Crippen LogP contribution in [0.4, 0.5) is 5.82 Å². The average Bonchev–Trinajstić information content (AvgIpc) is 3.16. The summed E-state index contributed by atoms with van der Waals surface area (Å²) in [5.74, 6) is -0.894. The van der Waals surface area contributed by atoms with Gasteiger partial charge in [0.15, 0.2) is 17.7 Å². The van der Waals surface area contributed by atoms with Crippen LogP contribution >= 0.6 is 7.82 Å². The lowest BCUT2D eigenvalue weighted by molar-refractivity contribution is -0.366. The quantitative estimate of drug-likeness (QED) is 0.324. The molecular formula is C13H19N6O8P. The van der Waals surface area contributed by atoms with Crippen LogP contribution in [0.25, 0.3) is 11.2 Å². The zero-order valence-electron chi connectivity index (χ0n) is 14.4. The number of rotatable bonds is 7. The van der Waals surface area contributed by atoms with Gasteiger partial charge in [0.1, 0.15) is 30.2 Å². The summed E-state index contributed by atoms with van der Waals surface area (Å²) in [6.07, 6.45) is -3.01. The second kappa shape index (κ2) is 8.05. The van der Waals surface area contributed by atoms with Gasteiger partial charge in [-0.1, -0.05) is 0 Å². The molecule has 154 valence electrons. The van der Waals surface area contributed by atoms with Crippen molar-refractivity contribution in [3.63, 3.8) is 0 Å². The summed E-state index contributed by atoms with van der Waals surface area (Å²) in [5.41, 5.74) is 9.63. The van der Waals surface area contributed by atoms with Gasteiger partial charge in [-0.25, -0.2) is 15.0 Å². The van der Waals surface area contributed by atoms with Crippen molar-refractivity contribution >= 4 is 30.8 Å². The summed E-state index contributed by atoms with van der Waals surface area (Å²) in [6.45, 7) is -0.527. The molecule has 0 amide bonds. The highest BCUT2D eigenvalue weighted by Gasteiger charge is 2.45. The number of phosphoric acid groups is 1. The van der Waals surface area contributed by atoms with E-state index in [-0.39, 0.29) is 29.9 Å². The SMILES string of the molecule is Nc1ncnc2c1ncn2[C@@H]1O[C@H](COP(=O)([O-])OC(=O)CC[NH3+])[C@@H](O)[C@H]1O. The number of hydrogen-bond acceptors (Lipinski definition) is 12. The second-order valence-electron chi connectivity index (χ2n) is 5.94. The lowest BCUT2D eigenvalue weighted by Gasteiger charge is -2.24. The molecule has 0 radical (unpaired) electrons. The van der Waals surface area contributed by atoms with Gasteiger partial charge in [-0.3, -0.25) is 13.9 Å². The van der Waals surface area contributed by atoms with E-state index in [9.17, 15) is 24.5 Å². The van der Waals surface area contributed by atoms with E-state index in [1.54, 1.807) is 0 Å². The molecule has 3 heterocycles. The first-order valence-electron chi connectivity index (χ1n) is 8.15. The van der Waals surface area contributed by atoms with Crippen LogP contribution in [-0.4, -0.2) is 67.2 Å². The third-order valence-corrected chi connectivity index (χ3v) is 4.88. The Labute approximate surface area is 157 Å². The topological polar surface area (TPSA) is 223 Å². The van der Waals surface area contributed by atoms with E-state index in [0.717, 1.165) is 0 Å². The van der Waals surface area contributed by atoms with Gasteiger partial charge < -0.3 is 40.4 Å². The number of quaternary nitrogens is 1.